The van der Waals surface area contributed by atoms with Gasteiger partial charge < -0.3 is 9.84 Å². The highest BCUT2D eigenvalue weighted by Crippen LogP contribution is 2.17. The molecule has 1 aliphatic heterocycles. The van der Waals surface area contributed by atoms with Gasteiger partial charge in [-0.15, -0.1) is 11.3 Å². The second kappa shape index (κ2) is 5.43. The van der Waals surface area contributed by atoms with Crippen molar-refractivity contribution in [2.45, 2.75) is 19.0 Å². The van der Waals surface area contributed by atoms with Crippen LogP contribution in [-0.4, -0.2) is 41.8 Å². The molecule has 2 heterocycles. The highest BCUT2D eigenvalue weighted by Gasteiger charge is 2.25. The van der Waals surface area contributed by atoms with Crippen LogP contribution in [0.5, 0.6) is 0 Å². The molecule has 0 aromatic carbocycles. The summed E-state index contributed by atoms with van der Waals surface area (Å²) in [6.07, 6.45) is 0.158. The molecule has 1 atom stereocenters. The standard InChI is InChI=1S/C11H15NO3S/c13-11(14)6-9-8-15-4-3-12(9)7-10-2-1-5-16-10/h1-2,5,9H,3-4,6-8H2,(H,13,14). The highest BCUT2D eigenvalue weighted by molar-refractivity contribution is 7.09. The van der Waals surface area contributed by atoms with Gasteiger partial charge in [-0.3, -0.25) is 9.69 Å². The van der Waals surface area contributed by atoms with E-state index in [1.807, 2.05) is 11.4 Å². The van der Waals surface area contributed by atoms with E-state index < -0.39 is 5.97 Å². The molecule has 88 valence electrons. The number of rotatable bonds is 4. The fourth-order valence-corrected chi connectivity index (χ4v) is 2.62. The van der Waals surface area contributed by atoms with Gasteiger partial charge in [-0.25, -0.2) is 0 Å². The lowest BCUT2D eigenvalue weighted by Gasteiger charge is -2.34. The second-order valence-electron chi connectivity index (χ2n) is 3.88. The second-order valence-corrected chi connectivity index (χ2v) is 4.91. The van der Waals surface area contributed by atoms with E-state index in [9.17, 15) is 4.79 Å². The summed E-state index contributed by atoms with van der Waals surface area (Å²) < 4.78 is 5.33. The third-order valence-electron chi connectivity index (χ3n) is 2.70. The first kappa shape index (κ1) is 11.6. The number of hydrogen-bond acceptors (Lipinski definition) is 4. The average Bonchev–Trinajstić information content (AvgIpc) is 2.73. The van der Waals surface area contributed by atoms with Crippen molar-refractivity contribution in [1.29, 1.82) is 0 Å². The van der Waals surface area contributed by atoms with Gasteiger partial charge in [-0.2, -0.15) is 0 Å². The zero-order chi connectivity index (χ0) is 11.4. The van der Waals surface area contributed by atoms with Crippen molar-refractivity contribution in [3.8, 4) is 0 Å². The van der Waals surface area contributed by atoms with Gasteiger partial charge in [0.2, 0.25) is 0 Å². The molecule has 5 heteroatoms. The van der Waals surface area contributed by atoms with Crippen molar-refractivity contribution in [1.82, 2.24) is 4.90 Å². The molecule has 0 saturated carbocycles. The number of hydrogen-bond donors (Lipinski definition) is 1. The molecule has 1 fully saturated rings. The largest absolute Gasteiger partial charge is 0.481 e. The molecule has 2 rings (SSSR count). The smallest absolute Gasteiger partial charge is 0.305 e. The van der Waals surface area contributed by atoms with Crippen LogP contribution in [0.1, 0.15) is 11.3 Å². The van der Waals surface area contributed by atoms with Crippen LogP contribution in [0.3, 0.4) is 0 Å². The molecular weight excluding hydrogens is 226 g/mol. The zero-order valence-corrected chi connectivity index (χ0v) is 9.78. The molecule has 4 nitrogen and oxygen atoms in total. The van der Waals surface area contributed by atoms with Gasteiger partial charge in [-0.1, -0.05) is 6.07 Å². The number of thiophene rings is 1. The summed E-state index contributed by atoms with van der Waals surface area (Å²) in [6.45, 7) is 2.87. The van der Waals surface area contributed by atoms with Crippen molar-refractivity contribution < 1.29 is 14.6 Å². The van der Waals surface area contributed by atoms with E-state index in [4.69, 9.17) is 9.84 Å². The van der Waals surface area contributed by atoms with E-state index >= 15 is 0 Å². The van der Waals surface area contributed by atoms with Crippen molar-refractivity contribution >= 4 is 17.3 Å². The van der Waals surface area contributed by atoms with Crippen molar-refractivity contribution in [3.63, 3.8) is 0 Å². The van der Waals surface area contributed by atoms with Gasteiger partial charge in [-0.05, 0) is 11.4 Å². The van der Waals surface area contributed by atoms with Gasteiger partial charge in [0.15, 0.2) is 0 Å². The third kappa shape index (κ3) is 3.04. The SMILES string of the molecule is O=C(O)CC1COCCN1Cc1cccs1. The Bertz CT molecular complexity index is 339. The summed E-state index contributed by atoms with van der Waals surface area (Å²) in [6, 6.07) is 4.11. The Kier molecular flexibility index (Phi) is 3.93. The quantitative estimate of drug-likeness (QED) is 0.866. The van der Waals surface area contributed by atoms with Crippen LogP contribution >= 0.6 is 11.3 Å². The van der Waals surface area contributed by atoms with Crippen molar-refractivity contribution in [2.75, 3.05) is 19.8 Å². The Hall–Kier alpha value is -0.910. The summed E-state index contributed by atoms with van der Waals surface area (Å²) >= 11 is 1.71. The molecule has 1 saturated heterocycles. The minimum Gasteiger partial charge on any atom is -0.481 e. The van der Waals surface area contributed by atoms with E-state index in [1.54, 1.807) is 11.3 Å². The number of carbonyl (C=O) groups is 1. The molecule has 0 radical (unpaired) electrons. The Morgan fingerprint density at radius 3 is 3.25 bits per heavy atom. The number of carboxylic acids is 1. The molecule has 16 heavy (non-hydrogen) atoms. The maximum Gasteiger partial charge on any atom is 0.305 e. The minimum absolute atomic E-state index is 0.00773. The van der Waals surface area contributed by atoms with Crippen molar-refractivity contribution in [3.05, 3.63) is 22.4 Å². The maximum atomic E-state index is 10.7. The Labute approximate surface area is 98.4 Å². The van der Waals surface area contributed by atoms with Crippen LogP contribution in [0.15, 0.2) is 17.5 Å². The summed E-state index contributed by atoms with van der Waals surface area (Å²) in [4.78, 5) is 14.2. The molecule has 1 unspecified atom stereocenters. The van der Waals surface area contributed by atoms with Gasteiger partial charge >= 0.3 is 5.97 Å². The molecule has 1 aliphatic rings. The van der Waals surface area contributed by atoms with Gasteiger partial charge in [0.1, 0.15) is 0 Å². The molecular formula is C11H15NO3S. The van der Waals surface area contributed by atoms with E-state index in [2.05, 4.69) is 11.0 Å². The fraction of sp³-hybridized carbons (Fsp3) is 0.545. The van der Waals surface area contributed by atoms with E-state index in [-0.39, 0.29) is 12.5 Å². The van der Waals surface area contributed by atoms with E-state index in [0.717, 1.165) is 13.1 Å². The third-order valence-corrected chi connectivity index (χ3v) is 3.56. The van der Waals surface area contributed by atoms with Crippen LogP contribution in [0.2, 0.25) is 0 Å². The number of nitrogens with zero attached hydrogens (tertiary/aromatic N) is 1. The molecule has 0 amide bonds. The first-order valence-electron chi connectivity index (χ1n) is 5.31. The molecule has 1 aromatic rings. The monoisotopic (exact) mass is 241 g/mol. The molecule has 0 aliphatic carbocycles. The minimum atomic E-state index is -0.758. The predicted molar refractivity (Wildman–Crippen MR) is 61.6 cm³/mol. The average molecular weight is 241 g/mol. The molecule has 1 N–H and O–H groups in total. The number of aliphatic carboxylic acids is 1. The zero-order valence-electron chi connectivity index (χ0n) is 8.96. The number of ether oxygens (including phenoxy) is 1. The lowest BCUT2D eigenvalue weighted by atomic mass is 10.1. The van der Waals surface area contributed by atoms with Gasteiger partial charge in [0.05, 0.1) is 19.6 Å². The van der Waals surface area contributed by atoms with Gasteiger partial charge in [0, 0.05) is 24.0 Å². The van der Waals surface area contributed by atoms with Crippen LogP contribution in [0, 0.1) is 0 Å². The first-order valence-corrected chi connectivity index (χ1v) is 6.19. The molecule has 0 bridgehead atoms. The van der Waals surface area contributed by atoms with Crippen LogP contribution in [-0.2, 0) is 16.1 Å². The maximum absolute atomic E-state index is 10.7. The van der Waals surface area contributed by atoms with E-state index in [0.29, 0.717) is 13.2 Å². The summed E-state index contributed by atoms with van der Waals surface area (Å²) in [5, 5.41) is 10.9. The predicted octanol–water partition coefficient (Wildman–Crippen LogP) is 1.42. The number of morpholine rings is 1. The normalized spacial score (nSPS) is 22.1. The highest BCUT2D eigenvalue weighted by atomic mass is 32.1. The summed E-state index contributed by atoms with van der Waals surface area (Å²) in [5.41, 5.74) is 0. The van der Waals surface area contributed by atoms with E-state index in [1.165, 1.54) is 4.88 Å². The van der Waals surface area contributed by atoms with Crippen LogP contribution in [0.4, 0.5) is 0 Å². The van der Waals surface area contributed by atoms with Crippen LogP contribution in [0.25, 0.3) is 0 Å². The number of carboxylic acid groups (broad SMARTS) is 1. The molecule has 0 spiro atoms. The Morgan fingerprint density at radius 2 is 2.56 bits per heavy atom. The van der Waals surface area contributed by atoms with Crippen LogP contribution < -0.4 is 0 Å². The summed E-state index contributed by atoms with van der Waals surface area (Å²) in [7, 11) is 0. The Balaban J connectivity index is 1.96. The van der Waals surface area contributed by atoms with Gasteiger partial charge in [0.25, 0.3) is 0 Å². The fourth-order valence-electron chi connectivity index (χ4n) is 1.89. The topological polar surface area (TPSA) is 49.8 Å². The lowest BCUT2D eigenvalue weighted by Crippen LogP contribution is -2.45. The Morgan fingerprint density at radius 1 is 1.69 bits per heavy atom. The lowest BCUT2D eigenvalue weighted by molar-refractivity contribution is -0.140. The molecule has 1 aromatic heterocycles. The first-order chi connectivity index (χ1) is 7.75. The van der Waals surface area contributed by atoms with Crippen molar-refractivity contribution in [2.24, 2.45) is 0 Å². The summed E-state index contributed by atoms with van der Waals surface area (Å²) in [5.74, 6) is -0.758.